The molecule has 8 heteroatoms. The van der Waals surface area contributed by atoms with Gasteiger partial charge in [-0.2, -0.15) is 5.26 Å². The predicted octanol–water partition coefficient (Wildman–Crippen LogP) is 1.87. The van der Waals surface area contributed by atoms with E-state index in [0.29, 0.717) is 43.1 Å². The van der Waals surface area contributed by atoms with E-state index in [2.05, 4.69) is 16.0 Å². The zero-order valence-corrected chi connectivity index (χ0v) is 15.7. The number of carboxylic acid groups (broad SMARTS) is 1. The number of carbonyl (C=O) groups is 1. The average Bonchev–Trinajstić information content (AvgIpc) is 3.17. The van der Waals surface area contributed by atoms with Crippen LogP contribution in [0.25, 0.3) is 10.9 Å². The van der Waals surface area contributed by atoms with Gasteiger partial charge in [-0.25, -0.2) is 4.98 Å². The number of pyridine rings is 1. The smallest absolute Gasteiger partial charge is 0.325 e. The molecule has 0 radical (unpaired) electrons. The van der Waals surface area contributed by atoms with Crippen molar-refractivity contribution in [1.29, 1.82) is 5.26 Å². The van der Waals surface area contributed by atoms with Crippen molar-refractivity contribution >= 4 is 22.7 Å². The maximum Gasteiger partial charge on any atom is 0.325 e. The maximum absolute atomic E-state index is 12.2. The molecule has 0 saturated carbocycles. The van der Waals surface area contributed by atoms with Crippen molar-refractivity contribution in [3.8, 4) is 6.07 Å². The van der Waals surface area contributed by atoms with Crippen molar-refractivity contribution in [2.24, 2.45) is 0 Å². The fourth-order valence-electron chi connectivity index (χ4n) is 3.93. The molecule has 148 valence electrons. The number of nitriles is 1. The summed E-state index contributed by atoms with van der Waals surface area (Å²) in [6.07, 6.45) is 3.40. The summed E-state index contributed by atoms with van der Waals surface area (Å²) in [7, 11) is 0. The van der Waals surface area contributed by atoms with E-state index in [1.807, 2.05) is 21.9 Å². The van der Waals surface area contributed by atoms with Gasteiger partial charge in [0.15, 0.2) is 0 Å². The summed E-state index contributed by atoms with van der Waals surface area (Å²) in [4.78, 5) is 23.6. The second-order valence-corrected chi connectivity index (χ2v) is 7.03. The van der Waals surface area contributed by atoms with Crippen LogP contribution in [0.3, 0.4) is 0 Å². The summed E-state index contributed by atoms with van der Waals surface area (Å²) >= 11 is 0. The quantitative estimate of drug-likeness (QED) is 0.608. The third-order valence-electron chi connectivity index (χ3n) is 5.38. The molecule has 4 rings (SSSR count). The normalized spacial score (nSPS) is 15.9. The van der Waals surface area contributed by atoms with Crippen LogP contribution < -0.4 is 4.90 Å². The van der Waals surface area contributed by atoms with E-state index in [-0.39, 0.29) is 6.61 Å². The number of nitrogens with one attached hydrogen (secondary N) is 1. The van der Waals surface area contributed by atoms with Gasteiger partial charge in [-0.15, -0.1) is 0 Å². The molecule has 0 spiro atoms. The Bertz CT molecular complexity index is 1080. The first-order valence-electron chi connectivity index (χ1n) is 9.40. The summed E-state index contributed by atoms with van der Waals surface area (Å²) in [5, 5.41) is 29.4. The highest BCUT2D eigenvalue weighted by Gasteiger charge is 2.32. The summed E-state index contributed by atoms with van der Waals surface area (Å²) < 4.78 is 0. The lowest BCUT2D eigenvalue weighted by Gasteiger charge is -2.38. The average molecular weight is 391 g/mol. The molecule has 3 heterocycles. The topological polar surface area (TPSA) is 116 Å². The Labute approximate surface area is 167 Å². The number of H-pyrrole nitrogens is 1. The fourth-order valence-corrected chi connectivity index (χ4v) is 3.93. The first-order chi connectivity index (χ1) is 14.1. The van der Waals surface area contributed by atoms with Gasteiger partial charge in [0.1, 0.15) is 17.9 Å². The van der Waals surface area contributed by atoms with Crippen LogP contribution in [-0.2, 0) is 11.4 Å². The number of aliphatic carboxylic acids is 1. The van der Waals surface area contributed by atoms with Crippen molar-refractivity contribution in [2.75, 3.05) is 31.1 Å². The van der Waals surface area contributed by atoms with Gasteiger partial charge >= 0.3 is 5.97 Å². The number of anilines is 1. The number of aliphatic hydroxyl groups is 1. The van der Waals surface area contributed by atoms with Gasteiger partial charge in [0, 0.05) is 55.0 Å². The lowest BCUT2D eigenvalue weighted by Crippen LogP contribution is -2.49. The zero-order valence-electron chi connectivity index (χ0n) is 15.7. The van der Waals surface area contributed by atoms with Gasteiger partial charge in [-0.05, 0) is 23.8 Å². The van der Waals surface area contributed by atoms with E-state index in [1.54, 1.807) is 30.6 Å². The molecule has 1 aliphatic rings. The Morgan fingerprint density at radius 1 is 1.28 bits per heavy atom. The lowest BCUT2D eigenvalue weighted by atomic mass is 10.0. The molecule has 29 heavy (non-hydrogen) atoms. The van der Waals surface area contributed by atoms with E-state index >= 15 is 0 Å². The van der Waals surface area contributed by atoms with Crippen LogP contribution in [0.1, 0.15) is 22.7 Å². The van der Waals surface area contributed by atoms with Crippen LogP contribution in [0, 0.1) is 11.3 Å². The minimum absolute atomic E-state index is 0.0627. The minimum Gasteiger partial charge on any atom is -0.480 e. The molecule has 3 N–H and O–H groups in total. The van der Waals surface area contributed by atoms with Gasteiger partial charge in [0.25, 0.3) is 0 Å². The molecule has 1 unspecified atom stereocenters. The number of fused-ring (bicyclic) bond motifs is 1. The van der Waals surface area contributed by atoms with Crippen molar-refractivity contribution < 1.29 is 15.0 Å². The second kappa shape index (κ2) is 7.91. The Morgan fingerprint density at radius 3 is 2.76 bits per heavy atom. The number of benzene rings is 1. The molecule has 1 saturated heterocycles. The molecular formula is C21H21N5O3. The van der Waals surface area contributed by atoms with Gasteiger partial charge in [-0.3, -0.25) is 9.69 Å². The number of hydrogen-bond acceptors (Lipinski definition) is 6. The van der Waals surface area contributed by atoms with Crippen molar-refractivity contribution in [1.82, 2.24) is 14.9 Å². The number of aromatic amines is 1. The molecule has 3 aromatic rings. The van der Waals surface area contributed by atoms with Crippen LogP contribution >= 0.6 is 0 Å². The molecule has 1 aliphatic heterocycles. The standard InChI is InChI=1S/C21H21N5O3/c22-11-15-2-1-5-23-20(15)26-8-6-25(7-9-26)19(21(28)29)17-12-24-18-10-14(13-27)3-4-16(17)18/h1-5,10,12,19,24,27H,6-9,13H2,(H,28,29). The van der Waals surface area contributed by atoms with E-state index < -0.39 is 12.0 Å². The Hall–Kier alpha value is -3.41. The highest BCUT2D eigenvalue weighted by atomic mass is 16.4. The molecule has 0 bridgehead atoms. The van der Waals surface area contributed by atoms with Gasteiger partial charge in [0.2, 0.25) is 0 Å². The number of nitrogens with zero attached hydrogens (tertiary/aromatic N) is 4. The first kappa shape index (κ1) is 18.9. The third kappa shape index (κ3) is 3.53. The fraction of sp³-hybridized carbons (Fsp3) is 0.286. The first-order valence-corrected chi connectivity index (χ1v) is 9.40. The highest BCUT2D eigenvalue weighted by Crippen LogP contribution is 2.31. The Morgan fingerprint density at radius 2 is 2.07 bits per heavy atom. The Kier molecular flexibility index (Phi) is 5.16. The van der Waals surface area contributed by atoms with Gasteiger partial charge < -0.3 is 20.1 Å². The lowest BCUT2D eigenvalue weighted by molar-refractivity contribution is -0.143. The van der Waals surface area contributed by atoms with Crippen molar-refractivity contribution in [3.63, 3.8) is 0 Å². The predicted molar refractivity (Wildman–Crippen MR) is 107 cm³/mol. The maximum atomic E-state index is 12.2. The Balaban J connectivity index is 1.57. The zero-order chi connectivity index (χ0) is 20.4. The molecule has 8 nitrogen and oxygen atoms in total. The molecule has 0 aliphatic carbocycles. The largest absolute Gasteiger partial charge is 0.480 e. The van der Waals surface area contributed by atoms with E-state index in [9.17, 15) is 20.3 Å². The SMILES string of the molecule is N#Cc1cccnc1N1CCN(C(C(=O)O)c2c[nH]c3cc(CO)ccc23)CC1. The third-order valence-corrected chi connectivity index (χ3v) is 5.38. The molecule has 1 aromatic carbocycles. The summed E-state index contributed by atoms with van der Waals surface area (Å²) in [6.45, 7) is 2.20. The molecule has 0 amide bonds. The highest BCUT2D eigenvalue weighted by molar-refractivity contribution is 5.89. The van der Waals surface area contributed by atoms with E-state index in [0.717, 1.165) is 16.5 Å². The monoisotopic (exact) mass is 391 g/mol. The molecule has 1 fully saturated rings. The van der Waals surface area contributed by atoms with Crippen molar-refractivity contribution in [2.45, 2.75) is 12.6 Å². The molecule has 2 aromatic heterocycles. The summed E-state index contributed by atoms with van der Waals surface area (Å²) in [5.41, 5.74) is 2.81. The van der Waals surface area contributed by atoms with Crippen LogP contribution in [-0.4, -0.2) is 57.2 Å². The number of aliphatic hydroxyl groups excluding tert-OH is 1. The van der Waals surface area contributed by atoms with Gasteiger partial charge in [0.05, 0.1) is 12.2 Å². The second-order valence-electron chi connectivity index (χ2n) is 7.03. The van der Waals surface area contributed by atoms with Crippen LogP contribution in [0.5, 0.6) is 0 Å². The molecular weight excluding hydrogens is 370 g/mol. The van der Waals surface area contributed by atoms with Crippen LogP contribution in [0.15, 0.2) is 42.7 Å². The van der Waals surface area contributed by atoms with Crippen LogP contribution in [0.4, 0.5) is 5.82 Å². The number of hydrogen-bond donors (Lipinski definition) is 3. The number of piperazine rings is 1. The number of carboxylic acids is 1. The van der Waals surface area contributed by atoms with Gasteiger partial charge in [-0.1, -0.05) is 12.1 Å². The number of aromatic nitrogens is 2. The molecule has 1 atom stereocenters. The van der Waals surface area contributed by atoms with Crippen LogP contribution in [0.2, 0.25) is 0 Å². The van der Waals surface area contributed by atoms with E-state index in [4.69, 9.17) is 0 Å². The number of rotatable bonds is 5. The van der Waals surface area contributed by atoms with Crippen molar-refractivity contribution in [3.05, 3.63) is 59.4 Å². The summed E-state index contributed by atoms with van der Waals surface area (Å²) in [6, 6.07) is 10.4. The summed E-state index contributed by atoms with van der Waals surface area (Å²) in [5.74, 6) is -0.258. The minimum atomic E-state index is -0.902. The van der Waals surface area contributed by atoms with E-state index in [1.165, 1.54) is 0 Å².